The van der Waals surface area contributed by atoms with Crippen molar-refractivity contribution in [1.29, 1.82) is 0 Å². The number of hydrogen-bond acceptors (Lipinski definition) is 4. The molecule has 16 heavy (non-hydrogen) atoms. The molecule has 92 valence electrons. The molecule has 0 spiro atoms. The first-order chi connectivity index (χ1) is 7.58. The Hall–Kier alpha value is -0.940. The smallest absolute Gasteiger partial charge is 0.0966 e. The van der Waals surface area contributed by atoms with Crippen LogP contribution in [-0.2, 0) is 13.6 Å². The predicted octanol–water partition coefficient (Wildman–Crippen LogP) is 0.492. The molecule has 0 saturated heterocycles. The molecule has 0 amide bonds. The van der Waals surface area contributed by atoms with Crippen molar-refractivity contribution in [2.75, 3.05) is 26.7 Å². The zero-order valence-corrected chi connectivity index (χ0v) is 10.8. The van der Waals surface area contributed by atoms with E-state index in [1.807, 2.05) is 13.2 Å². The maximum absolute atomic E-state index is 4.06. The van der Waals surface area contributed by atoms with Gasteiger partial charge in [0.05, 0.1) is 5.69 Å². The molecule has 0 aromatic carbocycles. The summed E-state index contributed by atoms with van der Waals surface area (Å²) in [6.45, 7) is 8.43. The molecule has 0 unspecified atom stereocenters. The summed E-state index contributed by atoms with van der Waals surface area (Å²) in [6, 6.07) is 0. The number of nitrogens with one attached hydrogen (secondary N) is 1. The summed E-state index contributed by atoms with van der Waals surface area (Å²) in [5, 5.41) is 11.4. The molecule has 1 N–H and O–H groups in total. The van der Waals surface area contributed by atoms with Gasteiger partial charge in [0, 0.05) is 32.9 Å². The Kier molecular flexibility index (Phi) is 5.42. The summed E-state index contributed by atoms with van der Waals surface area (Å²) in [6.07, 6.45) is 1.96. The fourth-order valence-electron chi connectivity index (χ4n) is 1.48. The van der Waals surface area contributed by atoms with E-state index >= 15 is 0 Å². The summed E-state index contributed by atoms with van der Waals surface area (Å²) in [7, 11) is 3.99. The van der Waals surface area contributed by atoms with Crippen LogP contribution >= 0.6 is 0 Å². The van der Waals surface area contributed by atoms with E-state index in [9.17, 15) is 0 Å². The molecule has 0 bridgehead atoms. The molecule has 1 aromatic heterocycles. The lowest BCUT2D eigenvalue weighted by Gasteiger charge is -2.15. The van der Waals surface area contributed by atoms with E-state index in [1.54, 1.807) is 4.68 Å². The maximum Gasteiger partial charge on any atom is 0.0966 e. The topological polar surface area (TPSA) is 46.0 Å². The Morgan fingerprint density at radius 3 is 2.81 bits per heavy atom. The van der Waals surface area contributed by atoms with Crippen molar-refractivity contribution < 1.29 is 0 Å². The van der Waals surface area contributed by atoms with Gasteiger partial charge in [0.15, 0.2) is 0 Å². The van der Waals surface area contributed by atoms with Gasteiger partial charge in [-0.05, 0) is 19.5 Å². The van der Waals surface area contributed by atoms with Gasteiger partial charge < -0.3 is 5.32 Å². The highest BCUT2D eigenvalue weighted by atomic mass is 15.4. The Bertz CT molecular complexity index is 294. The van der Waals surface area contributed by atoms with Gasteiger partial charge in [-0.3, -0.25) is 9.58 Å². The van der Waals surface area contributed by atoms with E-state index in [1.165, 1.54) is 0 Å². The molecule has 0 aliphatic rings. The second-order valence-corrected chi connectivity index (χ2v) is 4.72. The van der Waals surface area contributed by atoms with Gasteiger partial charge in [-0.2, -0.15) is 0 Å². The minimum absolute atomic E-state index is 0.713. The number of aryl methyl sites for hydroxylation is 1. The van der Waals surface area contributed by atoms with Gasteiger partial charge in [0.2, 0.25) is 0 Å². The average molecular weight is 225 g/mol. The van der Waals surface area contributed by atoms with Crippen LogP contribution in [0.15, 0.2) is 6.20 Å². The first-order valence-corrected chi connectivity index (χ1v) is 5.82. The lowest BCUT2D eigenvalue weighted by Crippen LogP contribution is -2.30. The largest absolute Gasteiger partial charge is 0.315 e. The van der Waals surface area contributed by atoms with Crippen LogP contribution in [0.1, 0.15) is 19.5 Å². The molecule has 0 atom stereocenters. The fourth-order valence-corrected chi connectivity index (χ4v) is 1.48. The molecule has 1 heterocycles. The van der Waals surface area contributed by atoms with Crippen LogP contribution < -0.4 is 5.32 Å². The van der Waals surface area contributed by atoms with Crippen molar-refractivity contribution >= 4 is 0 Å². The number of nitrogens with zero attached hydrogens (tertiary/aromatic N) is 4. The lowest BCUT2D eigenvalue weighted by molar-refractivity contribution is 0.318. The molecule has 5 nitrogen and oxygen atoms in total. The molecule has 0 saturated carbocycles. The molecular weight excluding hydrogens is 202 g/mol. The normalized spacial score (nSPS) is 11.6. The van der Waals surface area contributed by atoms with Crippen molar-refractivity contribution in [3.63, 3.8) is 0 Å². The summed E-state index contributed by atoms with van der Waals surface area (Å²) in [4.78, 5) is 2.25. The Balaban J connectivity index is 2.13. The molecule has 0 radical (unpaired) electrons. The highest BCUT2D eigenvalue weighted by Crippen LogP contribution is 1.96. The Labute approximate surface area is 97.8 Å². The van der Waals surface area contributed by atoms with E-state index in [0.717, 1.165) is 31.9 Å². The Morgan fingerprint density at radius 1 is 1.50 bits per heavy atom. The molecular formula is C11H23N5. The third kappa shape index (κ3) is 5.23. The summed E-state index contributed by atoms with van der Waals surface area (Å²) in [5.41, 5.74) is 1.02. The second-order valence-electron chi connectivity index (χ2n) is 4.72. The second kappa shape index (κ2) is 6.60. The van der Waals surface area contributed by atoms with E-state index in [-0.39, 0.29) is 0 Å². The monoisotopic (exact) mass is 225 g/mol. The number of likely N-dealkylation sites (N-methyl/N-ethyl adjacent to an activating group) is 1. The third-order valence-corrected chi connectivity index (χ3v) is 2.30. The van der Waals surface area contributed by atoms with Crippen LogP contribution in [0.5, 0.6) is 0 Å². The highest BCUT2D eigenvalue weighted by molar-refractivity contribution is 4.91. The average Bonchev–Trinajstić information content (AvgIpc) is 2.58. The minimum Gasteiger partial charge on any atom is -0.315 e. The maximum atomic E-state index is 4.06. The van der Waals surface area contributed by atoms with Crippen molar-refractivity contribution in [2.45, 2.75) is 20.4 Å². The van der Waals surface area contributed by atoms with Gasteiger partial charge in [-0.25, -0.2) is 0 Å². The van der Waals surface area contributed by atoms with Gasteiger partial charge in [-0.1, -0.05) is 19.1 Å². The van der Waals surface area contributed by atoms with E-state index in [4.69, 9.17) is 0 Å². The van der Waals surface area contributed by atoms with Gasteiger partial charge >= 0.3 is 0 Å². The van der Waals surface area contributed by atoms with Crippen LogP contribution in [-0.4, -0.2) is 46.6 Å². The van der Waals surface area contributed by atoms with Crippen molar-refractivity contribution in [3.8, 4) is 0 Å². The van der Waals surface area contributed by atoms with Gasteiger partial charge in [0.25, 0.3) is 0 Å². The molecule has 0 fully saturated rings. The fraction of sp³-hybridized carbons (Fsp3) is 0.818. The van der Waals surface area contributed by atoms with Gasteiger partial charge in [-0.15, -0.1) is 5.10 Å². The van der Waals surface area contributed by atoms with E-state index < -0.39 is 0 Å². The first kappa shape index (κ1) is 13.1. The molecule has 1 rings (SSSR count). The minimum atomic E-state index is 0.713. The zero-order valence-electron chi connectivity index (χ0n) is 10.8. The molecule has 0 aliphatic heterocycles. The van der Waals surface area contributed by atoms with Crippen LogP contribution in [0.25, 0.3) is 0 Å². The van der Waals surface area contributed by atoms with Crippen molar-refractivity contribution in [1.82, 2.24) is 25.2 Å². The lowest BCUT2D eigenvalue weighted by atomic mass is 10.2. The quantitative estimate of drug-likeness (QED) is 0.686. The van der Waals surface area contributed by atoms with Crippen LogP contribution in [0.3, 0.4) is 0 Å². The van der Waals surface area contributed by atoms with Crippen molar-refractivity contribution in [2.24, 2.45) is 13.0 Å². The third-order valence-electron chi connectivity index (χ3n) is 2.30. The van der Waals surface area contributed by atoms with Crippen LogP contribution in [0, 0.1) is 5.92 Å². The number of rotatable bonds is 7. The van der Waals surface area contributed by atoms with Gasteiger partial charge in [0.1, 0.15) is 0 Å². The Morgan fingerprint density at radius 2 is 2.25 bits per heavy atom. The zero-order chi connectivity index (χ0) is 12.0. The highest BCUT2D eigenvalue weighted by Gasteiger charge is 2.03. The van der Waals surface area contributed by atoms with Crippen LogP contribution in [0.2, 0.25) is 0 Å². The van der Waals surface area contributed by atoms with E-state index in [0.29, 0.717) is 5.92 Å². The van der Waals surface area contributed by atoms with Crippen molar-refractivity contribution in [3.05, 3.63) is 11.9 Å². The summed E-state index contributed by atoms with van der Waals surface area (Å²) < 4.78 is 1.74. The van der Waals surface area contributed by atoms with Crippen LogP contribution in [0.4, 0.5) is 0 Å². The molecule has 0 aliphatic carbocycles. The first-order valence-electron chi connectivity index (χ1n) is 5.82. The predicted molar refractivity (Wildman–Crippen MR) is 65.0 cm³/mol. The standard InChI is InChI=1S/C11H23N5/c1-10(2)7-12-5-6-15(3)8-11-9-16(4)14-13-11/h9-10,12H,5-8H2,1-4H3. The number of hydrogen-bond donors (Lipinski definition) is 1. The summed E-state index contributed by atoms with van der Waals surface area (Å²) in [5.74, 6) is 0.713. The molecule has 1 aromatic rings. The SMILES string of the molecule is CC(C)CNCCN(C)Cc1cn(C)nn1. The summed E-state index contributed by atoms with van der Waals surface area (Å²) >= 11 is 0. The number of aromatic nitrogens is 3. The molecule has 5 heteroatoms. The van der Waals surface area contributed by atoms with E-state index in [2.05, 4.69) is 41.4 Å².